The minimum atomic E-state index is -1.12. The van der Waals surface area contributed by atoms with Crippen LogP contribution in [-0.4, -0.2) is 16.2 Å². The van der Waals surface area contributed by atoms with Crippen LogP contribution in [0.1, 0.15) is 21.5 Å². The Morgan fingerprint density at radius 2 is 1.95 bits per heavy atom. The van der Waals surface area contributed by atoms with Crippen molar-refractivity contribution < 1.29 is 15.0 Å². The van der Waals surface area contributed by atoms with Crippen molar-refractivity contribution in [2.75, 3.05) is 0 Å². The number of carboxylic acids is 1. The van der Waals surface area contributed by atoms with Crippen molar-refractivity contribution in [2.24, 2.45) is 0 Å². The minimum Gasteiger partial charge on any atom is -0.508 e. The second-order valence-corrected chi connectivity index (χ2v) is 4.23. The number of nitrogens with zero attached hydrogens (tertiary/aromatic N) is 1. The van der Waals surface area contributed by atoms with E-state index in [1.165, 1.54) is 18.2 Å². The summed E-state index contributed by atoms with van der Waals surface area (Å²) in [7, 11) is 0. The SMILES string of the molecule is Cc1ccc(-c2cc(O)cc(C(=O)O)c2)c(C#N)c1. The van der Waals surface area contributed by atoms with E-state index in [2.05, 4.69) is 6.07 Å². The number of aromatic carboxylic acids is 1. The maximum atomic E-state index is 11.0. The highest BCUT2D eigenvalue weighted by Crippen LogP contribution is 2.28. The molecule has 0 fully saturated rings. The zero-order chi connectivity index (χ0) is 14.0. The molecular weight excluding hydrogens is 242 g/mol. The second-order valence-electron chi connectivity index (χ2n) is 4.23. The van der Waals surface area contributed by atoms with Gasteiger partial charge in [-0.05, 0) is 47.9 Å². The van der Waals surface area contributed by atoms with Gasteiger partial charge in [-0.15, -0.1) is 0 Å². The molecular formula is C15H11NO3. The molecule has 0 radical (unpaired) electrons. The lowest BCUT2D eigenvalue weighted by Gasteiger charge is -2.07. The number of rotatable bonds is 2. The molecule has 0 aliphatic rings. The standard InChI is InChI=1S/C15H11NO3/c1-9-2-3-14(12(4-9)8-16)10-5-11(15(18)19)7-13(17)6-10/h2-7,17H,1H3,(H,18,19). The maximum absolute atomic E-state index is 11.0. The predicted molar refractivity (Wildman–Crippen MR) is 70.0 cm³/mol. The van der Waals surface area contributed by atoms with Crippen LogP contribution in [0.4, 0.5) is 0 Å². The molecule has 0 aromatic heterocycles. The van der Waals surface area contributed by atoms with Crippen LogP contribution in [0.5, 0.6) is 5.75 Å². The molecule has 0 aliphatic carbocycles. The fourth-order valence-electron chi connectivity index (χ4n) is 1.89. The molecule has 0 saturated heterocycles. The average Bonchev–Trinajstić information content (AvgIpc) is 2.37. The molecule has 2 aromatic rings. The largest absolute Gasteiger partial charge is 0.508 e. The Kier molecular flexibility index (Phi) is 3.21. The summed E-state index contributed by atoms with van der Waals surface area (Å²) in [6.45, 7) is 1.87. The predicted octanol–water partition coefficient (Wildman–Crippen LogP) is 2.94. The molecule has 0 aliphatic heterocycles. The summed E-state index contributed by atoms with van der Waals surface area (Å²) in [5.74, 6) is -1.26. The number of carboxylic acid groups (broad SMARTS) is 1. The normalized spacial score (nSPS) is 9.89. The van der Waals surface area contributed by atoms with Gasteiger partial charge in [0.1, 0.15) is 5.75 Å². The molecule has 0 bridgehead atoms. The van der Waals surface area contributed by atoms with Crippen LogP contribution in [0.2, 0.25) is 0 Å². The molecule has 0 heterocycles. The van der Waals surface area contributed by atoms with E-state index < -0.39 is 5.97 Å². The van der Waals surface area contributed by atoms with Gasteiger partial charge in [0.2, 0.25) is 0 Å². The zero-order valence-corrected chi connectivity index (χ0v) is 10.2. The highest BCUT2D eigenvalue weighted by atomic mass is 16.4. The number of carbonyl (C=O) groups is 1. The van der Waals surface area contributed by atoms with Gasteiger partial charge in [0.05, 0.1) is 17.2 Å². The van der Waals surface area contributed by atoms with Gasteiger partial charge in [0.15, 0.2) is 0 Å². The molecule has 0 amide bonds. The summed E-state index contributed by atoms with van der Waals surface area (Å²) in [6.07, 6.45) is 0. The maximum Gasteiger partial charge on any atom is 0.335 e. The number of hydrogen-bond acceptors (Lipinski definition) is 3. The van der Waals surface area contributed by atoms with Crippen molar-refractivity contribution >= 4 is 5.97 Å². The van der Waals surface area contributed by atoms with Crippen LogP contribution in [-0.2, 0) is 0 Å². The fourth-order valence-corrected chi connectivity index (χ4v) is 1.89. The molecule has 2 rings (SSSR count). The van der Waals surface area contributed by atoms with Gasteiger partial charge in [-0.2, -0.15) is 5.26 Å². The lowest BCUT2D eigenvalue weighted by molar-refractivity contribution is 0.0696. The van der Waals surface area contributed by atoms with Crippen LogP contribution in [0.25, 0.3) is 11.1 Å². The first-order valence-corrected chi connectivity index (χ1v) is 5.60. The number of phenolic OH excluding ortho intramolecular Hbond substituents is 1. The number of phenols is 1. The third-order valence-corrected chi connectivity index (χ3v) is 2.77. The van der Waals surface area contributed by atoms with Crippen molar-refractivity contribution in [3.63, 3.8) is 0 Å². The van der Waals surface area contributed by atoms with E-state index in [9.17, 15) is 9.90 Å². The molecule has 2 N–H and O–H groups in total. The quantitative estimate of drug-likeness (QED) is 0.862. The van der Waals surface area contributed by atoms with Crippen LogP contribution in [0, 0.1) is 18.3 Å². The highest BCUT2D eigenvalue weighted by Gasteiger charge is 2.11. The van der Waals surface area contributed by atoms with Crippen molar-refractivity contribution in [3.8, 4) is 22.9 Å². The van der Waals surface area contributed by atoms with Crippen LogP contribution >= 0.6 is 0 Å². The van der Waals surface area contributed by atoms with Gasteiger partial charge in [0.25, 0.3) is 0 Å². The van der Waals surface area contributed by atoms with Crippen molar-refractivity contribution in [1.82, 2.24) is 0 Å². The Balaban J connectivity index is 2.66. The third-order valence-electron chi connectivity index (χ3n) is 2.77. The first-order valence-electron chi connectivity index (χ1n) is 5.60. The van der Waals surface area contributed by atoms with Gasteiger partial charge in [-0.3, -0.25) is 0 Å². The highest BCUT2D eigenvalue weighted by molar-refractivity contribution is 5.90. The second kappa shape index (κ2) is 4.83. The van der Waals surface area contributed by atoms with Crippen molar-refractivity contribution in [3.05, 3.63) is 53.1 Å². The summed E-state index contributed by atoms with van der Waals surface area (Å²) in [4.78, 5) is 11.0. The van der Waals surface area contributed by atoms with Gasteiger partial charge in [-0.1, -0.05) is 12.1 Å². The van der Waals surface area contributed by atoms with Gasteiger partial charge < -0.3 is 10.2 Å². The fraction of sp³-hybridized carbons (Fsp3) is 0.0667. The third kappa shape index (κ3) is 2.55. The lowest BCUT2D eigenvalue weighted by Crippen LogP contribution is -1.96. The van der Waals surface area contributed by atoms with E-state index in [4.69, 9.17) is 10.4 Å². The number of benzene rings is 2. The first-order chi connectivity index (χ1) is 9.01. The Labute approximate surface area is 110 Å². The summed E-state index contributed by atoms with van der Waals surface area (Å²) in [6, 6.07) is 11.4. The van der Waals surface area contributed by atoms with E-state index in [0.29, 0.717) is 16.7 Å². The summed E-state index contributed by atoms with van der Waals surface area (Å²) in [5, 5.41) is 27.7. The Hall–Kier alpha value is -2.80. The Morgan fingerprint density at radius 3 is 2.58 bits per heavy atom. The summed E-state index contributed by atoms with van der Waals surface area (Å²) < 4.78 is 0. The van der Waals surface area contributed by atoms with E-state index >= 15 is 0 Å². The lowest BCUT2D eigenvalue weighted by atomic mass is 9.97. The molecule has 0 atom stereocenters. The van der Waals surface area contributed by atoms with Crippen molar-refractivity contribution in [1.29, 1.82) is 5.26 Å². The minimum absolute atomic E-state index is 0.0144. The summed E-state index contributed by atoms with van der Waals surface area (Å²) in [5.41, 5.74) is 2.49. The van der Waals surface area contributed by atoms with Crippen molar-refractivity contribution in [2.45, 2.75) is 6.92 Å². The molecule has 2 aromatic carbocycles. The first kappa shape index (κ1) is 12.7. The molecule has 4 heteroatoms. The van der Waals surface area contributed by atoms with Gasteiger partial charge in [0, 0.05) is 0 Å². The summed E-state index contributed by atoms with van der Waals surface area (Å²) >= 11 is 0. The van der Waals surface area contributed by atoms with E-state index in [-0.39, 0.29) is 11.3 Å². The Morgan fingerprint density at radius 1 is 1.21 bits per heavy atom. The number of nitriles is 1. The molecule has 4 nitrogen and oxygen atoms in total. The zero-order valence-electron chi connectivity index (χ0n) is 10.2. The monoisotopic (exact) mass is 253 g/mol. The smallest absolute Gasteiger partial charge is 0.335 e. The van der Waals surface area contributed by atoms with E-state index in [0.717, 1.165) is 5.56 Å². The molecule has 19 heavy (non-hydrogen) atoms. The molecule has 0 spiro atoms. The van der Waals surface area contributed by atoms with Crippen LogP contribution in [0.3, 0.4) is 0 Å². The number of aryl methyl sites for hydroxylation is 1. The average molecular weight is 253 g/mol. The van der Waals surface area contributed by atoms with E-state index in [1.54, 1.807) is 12.1 Å². The molecule has 0 saturated carbocycles. The van der Waals surface area contributed by atoms with Gasteiger partial charge in [-0.25, -0.2) is 4.79 Å². The topological polar surface area (TPSA) is 81.3 Å². The number of aromatic hydroxyl groups is 1. The number of hydrogen-bond donors (Lipinski definition) is 2. The van der Waals surface area contributed by atoms with Crippen LogP contribution < -0.4 is 0 Å². The van der Waals surface area contributed by atoms with E-state index in [1.807, 2.05) is 13.0 Å². The molecule has 0 unspecified atom stereocenters. The van der Waals surface area contributed by atoms with Crippen LogP contribution in [0.15, 0.2) is 36.4 Å². The molecule has 94 valence electrons. The van der Waals surface area contributed by atoms with Gasteiger partial charge >= 0.3 is 5.97 Å². The Bertz CT molecular complexity index is 699.